The Morgan fingerprint density at radius 1 is 1.06 bits per heavy atom. The lowest BCUT2D eigenvalue weighted by atomic mass is 10.0. The lowest BCUT2D eigenvalue weighted by Gasteiger charge is -2.26. The maximum atomic E-state index is 13.2. The number of hydrogen-bond donors (Lipinski definition) is 2. The number of barbiturate groups is 1. The summed E-state index contributed by atoms with van der Waals surface area (Å²) in [5.74, 6) is -2.93. The van der Waals surface area contributed by atoms with Gasteiger partial charge in [0.2, 0.25) is 0 Å². The van der Waals surface area contributed by atoms with Crippen molar-refractivity contribution in [2.24, 2.45) is 0 Å². The molecule has 0 atom stereocenters. The first-order chi connectivity index (χ1) is 15.3. The molecule has 0 unspecified atom stereocenters. The van der Waals surface area contributed by atoms with Gasteiger partial charge in [-0.3, -0.25) is 14.9 Å². The van der Waals surface area contributed by atoms with Gasteiger partial charge < -0.3 is 9.52 Å². The number of carbonyl (C=O) groups excluding carboxylic acids is 3. The van der Waals surface area contributed by atoms with E-state index in [4.69, 9.17) is 4.42 Å². The molecular formula is C23H15FN2O6. The van der Waals surface area contributed by atoms with E-state index < -0.39 is 29.6 Å². The van der Waals surface area contributed by atoms with Crippen molar-refractivity contribution >= 4 is 35.6 Å². The van der Waals surface area contributed by atoms with Gasteiger partial charge in [-0.05, 0) is 61.0 Å². The van der Waals surface area contributed by atoms with E-state index in [2.05, 4.69) is 5.32 Å². The number of nitrogens with zero attached hydrogens (tertiary/aromatic N) is 1. The van der Waals surface area contributed by atoms with Crippen molar-refractivity contribution in [3.63, 3.8) is 0 Å². The second-order valence-corrected chi connectivity index (χ2v) is 6.92. The summed E-state index contributed by atoms with van der Waals surface area (Å²) in [5, 5.41) is 11.4. The third-order valence-corrected chi connectivity index (χ3v) is 4.93. The van der Waals surface area contributed by atoms with Crippen LogP contribution in [0.2, 0.25) is 0 Å². The average Bonchev–Trinajstić information content (AvgIpc) is 3.21. The Morgan fingerprint density at radius 3 is 2.47 bits per heavy atom. The predicted molar refractivity (Wildman–Crippen MR) is 111 cm³/mol. The maximum Gasteiger partial charge on any atom is 0.335 e. The number of imide groups is 2. The molecule has 32 heavy (non-hydrogen) atoms. The number of nitrogens with one attached hydrogen (secondary N) is 1. The zero-order valence-electron chi connectivity index (χ0n) is 16.6. The number of urea groups is 1. The normalized spacial score (nSPS) is 15.2. The van der Waals surface area contributed by atoms with E-state index in [9.17, 15) is 28.7 Å². The van der Waals surface area contributed by atoms with E-state index in [1.807, 2.05) is 0 Å². The van der Waals surface area contributed by atoms with Crippen LogP contribution < -0.4 is 10.2 Å². The SMILES string of the molecule is Cc1c(C(=O)O)cccc1-c1ccc(/C=C2/C(=O)NC(=O)N(c3ccc(F)cc3)C2=O)o1. The molecule has 0 spiro atoms. The number of carboxylic acids is 1. The Bertz CT molecular complexity index is 1310. The van der Waals surface area contributed by atoms with Crippen LogP contribution in [0.3, 0.4) is 0 Å². The third-order valence-electron chi connectivity index (χ3n) is 4.93. The van der Waals surface area contributed by atoms with E-state index >= 15 is 0 Å². The van der Waals surface area contributed by atoms with Crippen LogP contribution in [-0.4, -0.2) is 28.9 Å². The number of rotatable bonds is 4. The van der Waals surface area contributed by atoms with Gasteiger partial charge in [-0.15, -0.1) is 0 Å². The number of anilines is 1. The molecule has 8 nitrogen and oxygen atoms in total. The first-order valence-corrected chi connectivity index (χ1v) is 9.36. The number of hydrogen-bond acceptors (Lipinski definition) is 5. The summed E-state index contributed by atoms with van der Waals surface area (Å²) in [7, 11) is 0. The Labute approximate surface area is 180 Å². The fraction of sp³-hybridized carbons (Fsp3) is 0.0435. The van der Waals surface area contributed by atoms with Crippen molar-refractivity contribution in [1.82, 2.24) is 5.32 Å². The van der Waals surface area contributed by atoms with Gasteiger partial charge in [0.1, 0.15) is 22.9 Å². The molecule has 9 heteroatoms. The Morgan fingerprint density at radius 2 is 1.78 bits per heavy atom. The molecule has 160 valence electrons. The second-order valence-electron chi connectivity index (χ2n) is 6.92. The van der Waals surface area contributed by atoms with Crippen LogP contribution in [0.1, 0.15) is 21.7 Å². The highest BCUT2D eigenvalue weighted by atomic mass is 19.1. The number of amides is 4. The highest BCUT2D eigenvalue weighted by molar-refractivity contribution is 6.39. The van der Waals surface area contributed by atoms with Gasteiger partial charge >= 0.3 is 12.0 Å². The van der Waals surface area contributed by atoms with Gasteiger partial charge in [-0.25, -0.2) is 18.9 Å². The molecule has 2 N–H and O–H groups in total. The monoisotopic (exact) mass is 434 g/mol. The lowest BCUT2D eigenvalue weighted by molar-refractivity contribution is -0.122. The topological polar surface area (TPSA) is 117 Å². The van der Waals surface area contributed by atoms with Crippen LogP contribution in [0, 0.1) is 12.7 Å². The van der Waals surface area contributed by atoms with Crippen molar-refractivity contribution in [3.8, 4) is 11.3 Å². The molecular weight excluding hydrogens is 419 g/mol. The molecule has 2 aromatic carbocycles. The summed E-state index contributed by atoms with van der Waals surface area (Å²) >= 11 is 0. The van der Waals surface area contributed by atoms with E-state index in [0.29, 0.717) is 16.9 Å². The van der Waals surface area contributed by atoms with E-state index in [0.717, 1.165) is 17.0 Å². The van der Waals surface area contributed by atoms with Crippen LogP contribution in [0.4, 0.5) is 14.9 Å². The number of furan rings is 1. The fourth-order valence-electron chi connectivity index (χ4n) is 3.33. The summed E-state index contributed by atoms with van der Waals surface area (Å²) in [6.45, 7) is 1.64. The minimum absolute atomic E-state index is 0.0912. The molecule has 4 amide bonds. The van der Waals surface area contributed by atoms with E-state index in [1.165, 1.54) is 30.3 Å². The molecule has 4 rings (SSSR count). The molecule has 1 aliphatic rings. The fourth-order valence-corrected chi connectivity index (χ4v) is 3.33. The molecule has 2 heterocycles. The number of carbonyl (C=O) groups is 4. The highest BCUT2D eigenvalue weighted by Crippen LogP contribution is 2.29. The minimum Gasteiger partial charge on any atom is -0.478 e. The summed E-state index contributed by atoms with van der Waals surface area (Å²) in [5.41, 5.74) is 0.888. The number of carboxylic acid groups (broad SMARTS) is 1. The largest absolute Gasteiger partial charge is 0.478 e. The van der Waals surface area contributed by atoms with Crippen molar-refractivity contribution in [2.45, 2.75) is 6.92 Å². The van der Waals surface area contributed by atoms with Gasteiger partial charge in [0.15, 0.2) is 0 Å². The van der Waals surface area contributed by atoms with Gasteiger partial charge in [0.05, 0.1) is 11.3 Å². The van der Waals surface area contributed by atoms with Crippen molar-refractivity contribution < 1.29 is 33.1 Å². The van der Waals surface area contributed by atoms with Crippen LogP contribution in [0.5, 0.6) is 0 Å². The van der Waals surface area contributed by atoms with E-state index in [-0.39, 0.29) is 22.6 Å². The second kappa shape index (κ2) is 7.95. The quantitative estimate of drug-likeness (QED) is 0.477. The number of aromatic carboxylic acids is 1. The van der Waals surface area contributed by atoms with Gasteiger partial charge in [-0.2, -0.15) is 0 Å². The maximum absolute atomic E-state index is 13.2. The van der Waals surface area contributed by atoms with Crippen LogP contribution in [-0.2, 0) is 9.59 Å². The molecule has 0 radical (unpaired) electrons. The van der Waals surface area contributed by atoms with Gasteiger partial charge in [0.25, 0.3) is 11.8 Å². The van der Waals surface area contributed by atoms with Crippen molar-refractivity contribution in [1.29, 1.82) is 0 Å². The molecule has 1 aliphatic heterocycles. The Balaban J connectivity index is 1.69. The molecule has 0 bridgehead atoms. The minimum atomic E-state index is -1.08. The molecule has 3 aromatic rings. The first-order valence-electron chi connectivity index (χ1n) is 9.36. The zero-order chi connectivity index (χ0) is 23.0. The highest BCUT2D eigenvalue weighted by Gasteiger charge is 2.37. The van der Waals surface area contributed by atoms with E-state index in [1.54, 1.807) is 25.1 Å². The molecule has 1 saturated heterocycles. The summed E-state index contributed by atoms with van der Waals surface area (Å²) < 4.78 is 18.9. The predicted octanol–water partition coefficient (Wildman–Crippen LogP) is 3.76. The smallest absolute Gasteiger partial charge is 0.335 e. The summed E-state index contributed by atoms with van der Waals surface area (Å²) in [6, 6.07) is 11.5. The lowest BCUT2D eigenvalue weighted by Crippen LogP contribution is -2.54. The van der Waals surface area contributed by atoms with Gasteiger partial charge in [-0.1, -0.05) is 12.1 Å². The van der Waals surface area contributed by atoms with Crippen molar-refractivity contribution in [3.05, 3.63) is 82.9 Å². The summed E-state index contributed by atoms with van der Waals surface area (Å²) in [6.07, 6.45) is 1.18. The summed E-state index contributed by atoms with van der Waals surface area (Å²) in [4.78, 5) is 49.4. The molecule has 1 aromatic heterocycles. The average molecular weight is 434 g/mol. The third kappa shape index (κ3) is 3.67. The standard InChI is InChI=1S/C23H15FN2O6/c1-12-16(3-2-4-17(12)22(29)30)19-10-9-15(32-19)11-18-20(27)25-23(31)26(21(18)28)14-7-5-13(24)6-8-14/h2-11H,1H3,(H,29,30)(H,25,27,31)/b18-11-. The van der Waals surface area contributed by atoms with Crippen molar-refractivity contribution in [2.75, 3.05) is 4.90 Å². The van der Waals surface area contributed by atoms with Gasteiger partial charge in [0, 0.05) is 5.56 Å². The van der Waals surface area contributed by atoms with Crippen LogP contribution in [0.25, 0.3) is 17.4 Å². The first kappa shape index (κ1) is 20.7. The van der Waals surface area contributed by atoms with Crippen LogP contribution in [0.15, 0.2) is 64.6 Å². The Kier molecular flexibility index (Phi) is 5.15. The number of benzene rings is 2. The molecule has 1 fully saturated rings. The molecule has 0 saturated carbocycles. The van der Waals surface area contributed by atoms with Crippen LogP contribution >= 0.6 is 0 Å². The Hall–Kier alpha value is -4.53. The number of halogens is 1. The zero-order valence-corrected chi connectivity index (χ0v) is 16.6. The molecule has 0 aliphatic carbocycles.